The van der Waals surface area contributed by atoms with Gasteiger partial charge in [0.2, 0.25) is 0 Å². The number of benzene rings is 1. The Kier molecular flexibility index (Phi) is 7.23. The summed E-state index contributed by atoms with van der Waals surface area (Å²) in [6, 6.07) is 11.4. The van der Waals surface area contributed by atoms with Crippen LogP contribution in [0.4, 0.5) is 0 Å². The van der Waals surface area contributed by atoms with E-state index in [1.807, 2.05) is 63.4 Å². The highest BCUT2D eigenvalue weighted by molar-refractivity contribution is 9.10. The minimum atomic E-state index is -0.512. The van der Waals surface area contributed by atoms with Crippen LogP contribution in [0, 0.1) is 0 Å². The van der Waals surface area contributed by atoms with Crippen LogP contribution in [-0.2, 0) is 14.3 Å². The molecule has 2 heterocycles. The van der Waals surface area contributed by atoms with E-state index in [4.69, 9.17) is 14.2 Å². The standard InChI is InChI=1S/C22H24BrN3O4/c1-22(2,3)30-20(27)15-28-12-13-29-18-6-4-17(5-7-18)26-14-19(23)21(25-26)16-8-10-24-11-9-16/h4-11,14H,12-13,15H2,1-3H3. The van der Waals surface area contributed by atoms with Crippen LogP contribution in [-0.4, -0.2) is 46.2 Å². The van der Waals surface area contributed by atoms with E-state index in [9.17, 15) is 4.79 Å². The van der Waals surface area contributed by atoms with Gasteiger partial charge in [-0.05, 0) is 73.1 Å². The van der Waals surface area contributed by atoms with E-state index < -0.39 is 5.60 Å². The molecule has 30 heavy (non-hydrogen) atoms. The second-order valence-electron chi connectivity index (χ2n) is 7.49. The maximum atomic E-state index is 11.6. The molecule has 0 N–H and O–H groups in total. The Morgan fingerprint density at radius 2 is 1.77 bits per heavy atom. The molecule has 0 atom stereocenters. The predicted molar refractivity (Wildman–Crippen MR) is 117 cm³/mol. The first-order valence-corrected chi connectivity index (χ1v) is 10.3. The first kappa shape index (κ1) is 22.0. The van der Waals surface area contributed by atoms with Crippen molar-refractivity contribution in [2.24, 2.45) is 0 Å². The highest BCUT2D eigenvalue weighted by Gasteiger charge is 2.16. The van der Waals surface area contributed by atoms with Crippen molar-refractivity contribution < 1.29 is 19.0 Å². The van der Waals surface area contributed by atoms with Gasteiger partial charge in [0.1, 0.15) is 30.3 Å². The zero-order valence-electron chi connectivity index (χ0n) is 17.2. The second kappa shape index (κ2) is 9.86. The number of rotatable bonds is 8. The fourth-order valence-electron chi connectivity index (χ4n) is 2.63. The van der Waals surface area contributed by atoms with E-state index in [0.717, 1.165) is 21.4 Å². The maximum absolute atomic E-state index is 11.6. The molecule has 0 fully saturated rings. The number of carbonyl (C=O) groups excluding carboxylic acids is 1. The summed E-state index contributed by atoms with van der Waals surface area (Å²) >= 11 is 3.57. The molecule has 0 unspecified atom stereocenters. The lowest BCUT2D eigenvalue weighted by atomic mass is 10.2. The van der Waals surface area contributed by atoms with Crippen molar-refractivity contribution >= 4 is 21.9 Å². The monoisotopic (exact) mass is 473 g/mol. The van der Waals surface area contributed by atoms with Crippen molar-refractivity contribution in [1.29, 1.82) is 0 Å². The number of ether oxygens (including phenoxy) is 3. The third-order valence-corrected chi connectivity index (χ3v) is 4.44. The van der Waals surface area contributed by atoms with E-state index in [1.54, 1.807) is 17.1 Å². The molecule has 0 spiro atoms. The van der Waals surface area contributed by atoms with Crippen molar-refractivity contribution in [3.05, 3.63) is 59.5 Å². The van der Waals surface area contributed by atoms with Crippen LogP contribution < -0.4 is 4.74 Å². The molecule has 2 aromatic heterocycles. The Hall–Kier alpha value is -2.71. The summed E-state index contributed by atoms with van der Waals surface area (Å²) in [5.74, 6) is 0.323. The molecule has 158 valence electrons. The molecule has 0 saturated carbocycles. The smallest absolute Gasteiger partial charge is 0.332 e. The third-order valence-electron chi connectivity index (χ3n) is 3.86. The quantitative estimate of drug-likeness (QED) is 0.355. The third kappa shape index (κ3) is 6.40. The predicted octanol–water partition coefficient (Wildman–Crippen LogP) is 4.43. The second-order valence-corrected chi connectivity index (χ2v) is 8.34. The summed E-state index contributed by atoms with van der Waals surface area (Å²) in [5.41, 5.74) is 2.23. The lowest BCUT2D eigenvalue weighted by Crippen LogP contribution is -2.27. The van der Waals surface area contributed by atoms with Crippen LogP contribution in [0.2, 0.25) is 0 Å². The molecule has 3 rings (SSSR count). The van der Waals surface area contributed by atoms with Crippen molar-refractivity contribution in [2.45, 2.75) is 26.4 Å². The van der Waals surface area contributed by atoms with E-state index in [0.29, 0.717) is 19.0 Å². The summed E-state index contributed by atoms with van der Waals surface area (Å²) in [5, 5.41) is 4.65. The topological polar surface area (TPSA) is 75.5 Å². The number of carbonyl (C=O) groups is 1. The average Bonchev–Trinajstić information content (AvgIpc) is 3.09. The van der Waals surface area contributed by atoms with Gasteiger partial charge in [-0.3, -0.25) is 4.98 Å². The number of esters is 1. The van der Waals surface area contributed by atoms with Gasteiger partial charge in [-0.25, -0.2) is 9.48 Å². The number of halogens is 1. The number of hydrogen-bond donors (Lipinski definition) is 0. The van der Waals surface area contributed by atoms with Crippen molar-refractivity contribution in [3.8, 4) is 22.7 Å². The lowest BCUT2D eigenvalue weighted by molar-refractivity contribution is -0.160. The molecule has 0 radical (unpaired) electrons. The number of nitrogens with zero attached hydrogens (tertiary/aromatic N) is 3. The number of aromatic nitrogens is 3. The van der Waals surface area contributed by atoms with Crippen LogP contribution in [0.25, 0.3) is 16.9 Å². The summed E-state index contributed by atoms with van der Waals surface area (Å²) in [7, 11) is 0. The molecule has 0 bridgehead atoms. The summed E-state index contributed by atoms with van der Waals surface area (Å²) in [6.45, 7) is 6.00. The highest BCUT2D eigenvalue weighted by Crippen LogP contribution is 2.27. The number of hydrogen-bond acceptors (Lipinski definition) is 6. The lowest BCUT2D eigenvalue weighted by Gasteiger charge is -2.19. The van der Waals surface area contributed by atoms with Gasteiger partial charge < -0.3 is 14.2 Å². The molecule has 0 saturated heterocycles. The minimum Gasteiger partial charge on any atom is -0.491 e. The first-order valence-electron chi connectivity index (χ1n) is 9.50. The first-order chi connectivity index (χ1) is 14.3. The van der Waals surface area contributed by atoms with Crippen LogP contribution >= 0.6 is 15.9 Å². The zero-order chi connectivity index (χ0) is 21.6. The minimum absolute atomic E-state index is 0.0897. The summed E-state index contributed by atoms with van der Waals surface area (Å²) < 4.78 is 18.8. The molecule has 0 amide bonds. The van der Waals surface area contributed by atoms with Crippen molar-refractivity contribution in [2.75, 3.05) is 19.8 Å². The molecule has 1 aromatic carbocycles. The van der Waals surface area contributed by atoms with Gasteiger partial charge in [0.05, 0.1) is 16.8 Å². The molecule has 0 aliphatic heterocycles. The SMILES string of the molecule is CC(C)(C)OC(=O)COCCOc1ccc(-n2cc(Br)c(-c3ccncc3)n2)cc1. The molecule has 7 nitrogen and oxygen atoms in total. The van der Waals surface area contributed by atoms with Crippen LogP contribution in [0.15, 0.2) is 59.5 Å². The summed E-state index contributed by atoms with van der Waals surface area (Å²) in [6.07, 6.45) is 5.39. The maximum Gasteiger partial charge on any atom is 0.332 e. The Balaban J connectivity index is 1.49. The normalized spacial score (nSPS) is 11.3. The fourth-order valence-corrected chi connectivity index (χ4v) is 3.13. The van der Waals surface area contributed by atoms with Gasteiger partial charge >= 0.3 is 5.97 Å². The Bertz CT molecular complexity index is 966. The Morgan fingerprint density at radius 1 is 1.07 bits per heavy atom. The van der Waals surface area contributed by atoms with Crippen LogP contribution in [0.3, 0.4) is 0 Å². The van der Waals surface area contributed by atoms with Gasteiger partial charge in [0.25, 0.3) is 0 Å². The molecular weight excluding hydrogens is 450 g/mol. The highest BCUT2D eigenvalue weighted by atomic mass is 79.9. The number of pyridine rings is 1. The van der Waals surface area contributed by atoms with E-state index in [2.05, 4.69) is 26.0 Å². The van der Waals surface area contributed by atoms with Gasteiger partial charge in [0, 0.05) is 24.2 Å². The molecule has 0 aliphatic carbocycles. The van der Waals surface area contributed by atoms with E-state index in [1.165, 1.54) is 0 Å². The van der Waals surface area contributed by atoms with Crippen molar-refractivity contribution in [1.82, 2.24) is 14.8 Å². The van der Waals surface area contributed by atoms with Gasteiger partial charge in [-0.1, -0.05) is 0 Å². The zero-order valence-corrected chi connectivity index (χ0v) is 18.8. The van der Waals surface area contributed by atoms with Crippen LogP contribution in [0.1, 0.15) is 20.8 Å². The molecular formula is C22H24BrN3O4. The molecule has 8 heteroatoms. The van der Waals surface area contributed by atoms with Crippen molar-refractivity contribution in [3.63, 3.8) is 0 Å². The fraction of sp³-hybridized carbons (Fsp3) is 0.318. The Labute approximate surface area is 184 Å². The van der Waals surface area contributed by atoms with Gasteiger partial charge in [-0.15, -0.1) is 0 Å². The van der Waals surface area contributed by atoms with Gasteiger partial charge in [0.15, 0.2) is 0 Å². The van der Waals surface area contributed by atoms with Crippen LogP contribution in [0.5, 0.6) is 5.75 Å². The molecule has 0 aliphatic rings. The molecule has 3 aromatic rings. The van der Waals surface area contributed by atoms with E-state index in [-0.39, 0.29) is 12.6 Å². The largest absolute Gasteiger partial charge is 0.491 e. The van der Waals surface area contributed by atoms with Gasteiger partial charge in [-0.2, -0.15) is 5.10 Å². The Morgan fingerprint density at radius 3 is 2.43 bits per heavy atom. The van der Waals surface area contributed by atoms with E-state index >= 15 is 0 Å². The average molecular weight is 474 g/mol. The summed E-state index contributed by atoms with van der Waals surface area (Å²) in [4.78, 5) is 15.6.